The molecule has 78 valence electrons. The Morgan fingerprint density at radius 1 is 1.27 bits per heavy atom. The van der Waals surface area contributed by atoms with Crippen molar-refractivity contribution in [1.29, 1.82) is 0 Å². The molecule has 0 saturated heterocycles. The van der Waals surface area contributed by atoms with Crippen LogP contribution in [0.5, 0.6) is 0 Å². The molecule has 0 spiro atoms. The summed E-state index contributed by atoms with van der Waals surface area (Å²) < 4.78 is 5.66. The monoisotopic (exact) mass is 314 g/mol. The molecule has 0 fully saturated rings. The number of carbonyl (C=O) groups excluding carboxylic acids is 1. The van der Waals surface area contributed by atoms with E-state index in [1.54, 1.807) is 12.2 Å². The van der Waals surface area contributed by atoms with Gasteiger partial charge in [0.1, 0.15) is 0 Å². The summed E-state index contributed by atoms with van der Waals surface area (Å²) in [6.07, 6.45) is 6.77. The largest absolute Gasteiger partial charge is 0.466 e. The van der Waals surface area contributed by atoms with Gasteiger partial charge < -0.3 is 4.74 Å². The molecule has 0 saturated carbocycles. The molecule has 0 unspecified atom stereocenters. The Kier molecular flexibility index (Phi) is 5.10. The van der Waals surface area contributed by atoms with E-state index < -0.39 is 0 Å². The van der Waals surface area contributed by atoms with E-state index in [0.29, 0.717) is 0 Å². The number of benzene rings is 1. The van der Waals surface area contributed by atoms with Gasteiger partial charge in [-0.3, -0.25) is 0 Å². The topological polar surface area (TPSA) is 26.3 Å². The first-order chi connectivity index (χ1) is 7.22. The lowest BCUT2D eigenvalue weighted by molar-refractivity contribution is -0.134. The number of rotatable bonds is 3. The van der Waals surface area contributed by atoms with Crippen LogP contribution in [0.15, 0.2) is 42.5 Å². The second-order valence-electron chi connectivity index (χ2n) is 2.79. The molecule has 0 atom stereocenters. The highest BCUT2D eigenvalue weighted by molar-refractivity contribution is 14.1. The number of methoxy groups -OCH3 is 1. The summed E-state index contributed by atoms with van der Waals surface area (Å²) in [6, 6.07) is 8.10. The summed E-state index contributed by atoms with van der Waals surface area (Å²) in [5, 5.41) is 0. The third kappa shape index (κ3) is 4.78. The van der Waals surface area contributed by atoms with Gasteiger partial charge in [-0.05, 0) is 40.3 Å². The lowest BCUT2D eigenvalue weighted by Gasteiger charge is -1.92. The predicted molar refractivity (Wildman–Crippen MR) is 69.3 cm³/mol. The molecule has 0 aliphatic heterocycles. The molecule has 1 aromatic rings. The smallest absolute Gasteiger partial charge is 0.330 e. The molecule has 0 bridgehead atoms. The Balaban J connectivity index is 2.55. The lowest BCUT2D eigenvalue weighted by Crippen LogP contribution is -1.92. The minimum Gasteiger partial charge on any atom is -0.466 e. The third-order valence-corrected chi connectivity index (χ3v) is 2.42. The Bertz CT molecular complexity index is 377. The van der Waals surface area contributed by atoms with Crippen LogP contribution in [0.3, 0.4) is 0 Å². The van der Waals surface area contributed by atoms with Crippen molar-refractivity contribution >= 4 is 34.6 Å². The summed E-state index contributed by atoms with van der Waals surface area (Å²) >= 11 is 2.26. The van der Waals surface area contributed by atoms with Crippen LogP contribution >= 0.6 is 22.6 Å². The molecule has 15 heavy (non-hydrogen) atoms. The number of ether oxygens (including phenoxy) is 1. The second-order valence-corrected chi connectivity index (χ2v) is 4.04. The number of allylic oxidation sites excluding steroid dienone is 2. The number of hydrogen-bond donors (Lipinski definition) is 0. The standard InChI is InChI=1S/C12H11IO2/c1-15-12(14)5-3-2-4-10-6-8-11(13)9-7-10/h2-9H,1H3. The van der Waals surface area contributed by atoms with Crippen LogP contribution in [-0.4, -0.2) is 13.1 Å². The molecule has 0 N–H and O–H groups in total. The van der Waals surface area contributed by atoms with Gasteiger partial charge in [0.05, 0.1) is 7.11 Å². The van der Waals surface area contributed by atoms with Gasteiger partial charge in [0.2, 0.25) is 0 Å². The minimum atomic E-state index is -0.345. The van der Waals surface area contributed by atoms with Crippen LogP contribution in [0, 0.1) is 3.57 Å². The van der Waals surface area contributed by atoms with E-state index in [0.717, 1.165) is 5.56 Å². The van der Waals surface area contributed by atoms with Gasteiger partial charge in [-0.1, -0.05) is 30.4 Å². The van der Waals surface area contributed by atoms with Crippen LogP contribution in [0.4, 0.5) is 0 Å². The summed E-state index contributed by atoms with van der Waals surface area (Å²) in [5.41, 5.74) is 1.10. The van der Waals surface area contributed by atoms with Gasteiger partial charge in [-0.2, -0.15) is 0 Å². The van der Waals surface area contributed by atoms with E-state index in [1.165, 1.54) is 16.8 Å². The number of carbonyl (C=O) groups is 1. The maximum absolute atomic E-state index is 10.7. The van der Waals surface area contributed by atoms with Crippen molar-refractivity contribution in [2.75, 3.05) is 7.11 Å². The first-order valence-corrected chi connectivity index (χ1v) is 5.48. The Morgan fingerprint density at radius 3 is 2.53 bits per heavy atom. The van der Waals surface area contributed by atoms with E-state index in [4.69, 9.17) is 0 Å². The summed E-state index contributed by atoms with van der Waals surface area (Å²) in [4.78, 5) is 10.7. The van der Waals surface area contributed by atoms with E-state index in [9.17, 15) is 4.79 Å². The van der Waals surface area contributed by atoms with Crippen molar-refractivity contribution in [1.82, 2.24) is 0 Å². The third-order valence-electron chi connectivity index (χ3n) is 1.70. The van der Waals surface area contributed by atoms with Crippen LogP contribution in [0.25, 0.3) is 6.08 Å². The molecular weight excluding hydrogens is 303 g/mol. The van der Waals surface area contributed by atoms with Crippen LogP contribution in [0.2, 0.25) is 0 Å². The van der Waals surface area contributed by atoms with Crippen LogP contribution in [-0.2, 0) is 9.53 Å². The summed E-state index contributed by atoms with van der Waals surface area (Å²) in [7, 11) is 1.36. The van der Waals surface area contributed by atoms with Crippen molar-refractivity contribution in [2.45, 2.75) is 0 Å². The molecule has 2 nitrogen and oxygen atoms in total. The highest BCUT2D eigenvalue weighted by Gasteiger charge is 1.88. The molecule has 1 rings (SSSR count). The molecule has 0 amide bonds. The number of esters is 1. The lowest BCUT2D eigenvalue weighted by atomic mass is 10.2. The number of halogens is 1. The first-order valence-electron chi connectivity index (χ1n) is 4.40. The van der Waals surface area contributed by atoms with Crippen LogP contribution < -0.4 is 0 Å². The highest BCUT2D eigenvalue weighted by Crippen LogP contribution is 2.07. The van der Waals surface area contributed by atoms with Crippen molar-refractivity contribution in [3.8, 4) is 0 Å². The highest BCUT2D eigenvalue weighted by atomic mass is 127. The molecule has 0 aliphatic carbocycles. The second kappa shape index (κ2) is 6.40. The fourth-order valence-electron chi connectivity index (χ4n) is 0.943. The molecule has 0 aromatic heterocycles. The SMILES string of the molecule is COC(=O)C=CC=Cc1ccc(I)cc1. The molecule has 1 aromatic carbocycles. The van der Waals surface area contributed by atoms with Gasteiger partial charge in [0, 0.05) is 9.65 Å². The molecular formula is C12H11IO2. The van der Waals surface area contributed by atoms with Gasteiger partial charge >= 0.3 is 5.97 Å². The molecule has 0 radical (unpaired) electrons. The average Bonchev–Trinajstić information content (AvgIpc) is 2.26. The maximum Gasteiger partial charge on any atom is 0.330 e. The quantitative estimate of drug-likeness (QED) is 0.371. The van der Waals surface area contributed by atoms with Crippen LogP contribution in [0.1, 0.15) is 5.56 Å². The Morgan fingerprint density at radius 2 is 1.93 bits per heavy atom. The van der Waals surface area contributed by atoms with E-state index in [-0.39, 0.29) is 5.97 Å². The summed E-state index contributed by atoms with van der Waals surface area (Å²) in [6.45, 7) is 0. The van der Waals surface area contributed by atoms with Crippen molar-refractivity contribution < 1.29 is 9.53 Å². The molecule has 3 heteroatoms. The minimum absolute atomic E-state index is 0.345. The molecule has 0 aliphatic rings. The van der Waals surface area contributed by atoms with Gasteiger partial charge in [-0.15, -0.1) is 0 Å². The molecule has 0 heterocycles. The maximum atomic E-state index is 10.7. The van der Waals surface area contributed by atoms with E-state index >= 15 is 0 Å². The van der Waals surface area contributed by atoms with Gasteiger partial charge in [0.25, 0.3) is 0 Å². The van der Waals surface area contributed by atoms with Gasteiger partial charge in [0.15, 0.2) is 0 Å². The van der Waals surface area contributed by atoms with Crippen molar-refractivity contribution in [2.24, 2.45) is 0 Å². The predicted octanol–water partition coefficient (Wildman–Crippen LogP) is 3.03. The Hall–Kier alpha value is -1.10. The van der Waals surface area contributed by atoms with E-state index in [1.807, 2.05) is 30.3 Å². The van der Waals surface area contributed by atoms with E-state index in [2.05, 4.69) is 27.3 Å². The normalized spacial score (nSPS) is 11.1. The zero-order chi connectivity index (χ0) is 11.1. The van der Waals surface area contributed by atoms with Gasteiger partial charge in [-0.25, -0.2) is 4.79 Å². The van der Waals surface area contributed by atoms with Crippen molar-refractivity contribution in [3.05, 3.63) is 51.6 Å². The first kappa shape index (κ1) is 12.0. The zero-order valence-electron chi connectivity index (χ0n) is 8.31. The fraction of sp³-hybridized carbons (Fsp3) is 0.0833. The summed E-state index contributed by atoms with van der Waals surface area (Å²) in [5.74, 6) is -0.345. The zero-order valence-corrected chi connectivity index (χ0v) is 10.5. The van der Waals surface area contributed by atoms with Crippen molar-refractivity contribution in [3.63, 3.8) is 0 Å². The Labute approximate surface area is 103 Å². The number of hydrogen-bond acceptors (Lipinski definition) is 2. The fourth-order valence-corrected chi connectivity index (χ4v) is 1.30. The average molecular weight is 314 g/mol.